The molecule has 0 aliphatic heterocycles. The van der Waals surface area contributed by atoms with Gasteiger partial charge in [-0.3, -0.25) is 9.78 Å². The molecule has 2 aromatic heterocycles. The maximum absolute atomic E-state index is 13.2. The Kier molecular flexibility index (Phi) is 6.89. The Balaban J connectivity index is 1.74. The van der Waals surface area contributed by atoms with Gasteiger partial charge in [0, 0.05) is 24.3 Å². The molecule has 3 aromatic rings. The number of aromatic nitrogens is 5. The van der Waals surface area contributed by atoms with Crippen LogP contribution in [0.25, 0.3) is 5.69 Å². The molecule has 0 fully saturated rings. The molecule has 0 bridgehead atoms. The Hall–Kier alpha value is -3.01. The lowest BCUT2D eigenvalue weighted by Crippen LogP contribution is -2.37. The molecule has 0 radical (unpaired) electrons. The first-order valence-electron chi connectivity index (χ1n) is 9.52. The van der Waals surface area contributed by atoms with Crippen LogP contribution in [0.4, 0.5) is 13.2 Å². The van der Waals surface area contributed by atoms with Gasteiger partial charge in [0.05, 0.1) is 35.5 Å². The fourth-order valence-electron chi connectivity index (χ4n) is 3.17. The summed E-state index contributed by atoms with van der Waals surface area (Å²) in [6, 6.07) is 4.71. The number of halogens is 4. The maximum Gasteiger partial charge on any atom is 0.434 e. The zero-order chi connectivity index (χ0) is 22.6. The van der Waals surface area contributed by atoms with Gasteiger partial charge in [-0.05, 0) is 37.5 Å². The first kappa shape index (κ1) is 22.7. The molecule has 0 unspecified atom stereocenters. The summed E-state index contributed by atoms with van der Waals surface area (Å²) in [5, 5.41) is 8.56. The molecule has 2 heterocycles. The van der Waals surface area contributed by atoms with Crippen LogP contribution in [0.3, 0.4) is 0 Å². The molecular weight excluding hydrogens is 433 g/mol. The minimum Gasteiger partial charge on any atom is -0.339 e. The molecule has 1 amide bonds. The lowest BCUT2D eigenvalue weighted by Gasteiger charge is -2.28. The van der Waals surface area contributed by atoms with Gasteiger partial charge in [-0.25, -0.2) is 4.98 Å². The number of rotatable bonds is 7. The van der Waals surface area contributed by atoms with Crippen LogP contribution in [0.1, 0.15) is 41.5 Å². The molecule has 1 atom stereocenters. The van der Waals surface area contributed by atoms with E-state index in [0.717, 1.165) is 12.4 Å². The monoisotopic (exact) mass is 452 g/mol. The first-order valence-corrected chi connectivity index (χ1v) is 9.90. The molecule has 164 valence electrons. The molecular formula is C20H20ClF3N6O. The molecule has 11 heteroatoms. The molecule has 3 rings (SSSR count). The van der Waals surface area contributed by atoms with Crippen molar-refractivity contribution < 1.29 is 18.0 Å². The van der Waals surface area contributed by atoms with Crippen molar-refractivity contribution in [3.63, 3.8) is 0 Å². The number of nitrogens with zero attached hydrogens (tertiary/aromatic N) is 6. The lowest BCUT2D eigenvalue weighted by molar-refractivity contribution is -0.141. The lowest BCUT2D eigenvalue weighted by atomic mass is 10.0. The van der Waals surface area contributed by atoms with Crippen molar-refractivity contribution in [1.29, 1.82) is 0 Å². The van der Waals surface area contributed by atoms with Crippen molar-refractivity contribution in [3.8, 4) is 5.69 Å². The molecule has 0 spiro atoms. The number of hydrogen-bond donors (Lipinski definition) is 0. The van der Waals surface area contributed by atoms with E-state index in [1.165, 1.54) is 17.2 Å². The molecule has 0 aliphatic carbocycles. The third-order valence-electron chi connectivity index (χ3n) is 4.89. The molecule has 0 aliphatic rings. The molecule has 7 nitrogen and oxygen atoms in total. The van der Waals surface area contributed by atoms with E-state index in [0.29, 0.717) is 41.2 Å². The van der Waals surface area contributed by atoms with Gasteiger partial charge in [-0.2, -0.15) is 28.2 Å². The van der Waals surface area contributed by atoms with E-state index in [-0.39, 0.29) is 11.9 Å². The highest BCUT2D eigenvalue weighted by Crippen LogP contribution is 2.27. The highest BCUT2D eigenvalue weighted by atomic mass is 35.5. The Morgan fingerprint density at radius 3 is 2.48 bits per heavy atom. The number of carbonyl (C=O) groups is 1. The van der Waals surface area contributed by atoms with E-state index in [2.05, 4.69) is 20.2 Å². The second kappa shape index (κ2) is 9.42. The number of carbonyl (C=O) groups excluding carboxylic acids is 1. The van der Waals surface area contributed by atoms with Gasteiger partial charge in [-0.15, -0.1) is 0 Å². The number of amides is 1. The summed E-state index contributed by atoms with van der Waals surface area (Å²) in [5.74, 6) is -0.264. The smallest absolute Gasteiger partial charge is 0.339 e. The zero-order valence-electron chi connectivity index (χ0n) is 16.8. The van der Waals surface area contributed by atoms with Gasteiger partial charge in [0.2, 0.25) is 0 Å². The molecule has 0 N–H and O–H groups in total. The van der Waals surface area contributed by atoms with Crippen LogP contribution < -0.4 is 0 Å². The van der Waals surface area contributed by atoms with Gasteiger partial charge in [0.25, 0.3) is 5.91 Å². The highest BCUT2D eigenvalue weighted by molar-refractivity contribution is 6.31. The summed E-state index contributed by atoms with van der Waals surface area (Å²) >= 11 is 6.11. The van der Waals surface area contributed by atoms with Crippen LogP contribution in [0, 0.1) is 0 Å². The fraction of sp³-hybridized carbons (Fsp3) is 0.350. The van der Waals surface area contributed by atoms with Crippen LogP contribution in [0.15, 0.2) is 43.0 Å². The van der Waals surface area contributed by atoms with Crippen molar-refractivity contribution in [2.24, 2.45) is 0 Å². The minimum atomic E-state index is -4.53. The minimum absolute atomic E-state index is 0.172. The normalized spacial score (nSPS) is 12.6. The molecule has 1 aromatic carbocycles. The number of alkyl halides is 3. The number of benzene rings is 1. The summed E-state index contributed by atoms with van der Waals surface area (Å²) < 4.78 is 37.9. The summed E-state index contributed by atoms with van der Waals surface area (Å²) in [4.78, 5) is 23.4. The van der Waals surface area contributed by atoms with Crippen LogP contribution >= 0.6 is 11.6 Å². The van der Waals surface area contributed by atoms with Crippen LogP contribution in [-0.4, -0.2) is 48.9 Å². The largest absolute Gasteiger partial charge is 0.434 e. The second-order valence-electron chi connectivity index (χ2n) is 6.89. The molecule has 0 saturated carbocycles. The Morgan fingerprint density at radius 2 is 1.90 bits per heavy atom. The predicted octanol–water partition coefficient (Wildman–Crippen LogP) is 4.21. The van der Waals surface area contributed by atoms with Gasteiger partial charge < -0.3 is 4.90 Å². The average Bonchev–Trinajstić information content (AvgIpc) is 3.27. The number of aryl methyl sites for hydroxylation is 1. The topological polar surface area (TPSA) is 76.8 Å². The predicted molar refractivity (Wildman–Crippen MR) is 108 cm³/mol. The van der Waals surface area contributed by atoms with E-state index in [4.69, 9.17) is 11.6 Å². The maximum atomic E-state index is 13.2. The van der Waals surface area contributed by atoms with Crippen LogP contribution in [-0.2, 0) is 12.6 Å². The van der Waals surface area contributed by atoms with Crippen LogP contribution in [0.5, 0.6) is 0 Å². The Morgan fingerprint density at radius 1 is 1.19 bits per heavy atom. The Bertz CT molecular complexity index is 1020. The highest BCUT2D eigenvalue weighted by Gasteiger charge is 2.32. The average molecular weight is 453 g/mol. The second-order valence-corrected chi connectivity index (χ2v) is 7.32. The van der Waals surface area contributed by atoms with Gasteiger partial charge in [-0.1, -0.05) is 18.5 Å². The summed E-state index contributed by atoms with van der Waals surface area (Å²) in [6.07, 6.45) is 1.86. The van der Waals surface area contributed by atoms with E-state index < -0.39 is 11.9 Å². The quantitative estimate of drug-likeness (QED) is 0.536. The summed E-state index contributed by atoms with van der Waals surface area (Å²) in [5.41, 5.74) is 0.237. The standard InChI is InChI=1S/C20H20ClF3N6O/c1-3-15(6-5-14-11-26-18(12-25-14)20(22,23)24)29(2)19(31)16-10-13(21)4-7-17(16)30-27-8-9-28-30/h4,7-12,15H,3,5-6H2,1-2H3/t15-/m0/s1. The SMILES string of the molecule is CC[C@@H](CCc1cnc(C(F)(F)F)cn1)N(C)C(=O)c1cc(Cl)ccc1-n1nccn1. The van der Waals surface area contributed by atoms with Crippen LogP contribution in [0.2, 0.25) is 5.02 Å². The zero-order valence-corrected chi connectivity index (χ0v) is 17.6. The van der Waals surface area contributed by atoms with Gasteiger partial charge in [0.15, 0.2) is 5.69 Å². The van der Waals surface area contributed by atoms with E-state index in [9.17, 15) is 18.0 Å². The molecule has 31 heavy (non-hydrogen) atoms. The number of hydrogen-bond acceptors (Lipinski definition) is 5. The fourth-order valence-corrected chi connectivity index (χ4v) is 3.34. The molecule has 0 saturated heterocycles. The first-order chi connectivity index (χ1) is 14.7. The summed E-state index contributed by atoms with van der Waals surface area (Å²) in [6.45, 7) is 1.93. The van der Waals surface area contributed by atoms with Crippen molar-refractivity contribution in [2.75, 3.05) is 7.05 Å². The van der Waals surface area contributed by atoms with Crippen molar-refractivity contribution >= 4 is 17.5 Å². The third-order valence-corrected chi connectivity index (χ3v) is 5.13. The van der Waals surface area contributed by atoms with E-state index in [1.807, 2.05) is 6.92 Å². The van der Waals surface area contributed by atoms with E-state index in [1.54, 1.807) is 30.1 Å². The Labute approximate surface area is 181 Å². The van der Waals surface area contributed by atoms with Crippen molar-refractivity contribution in [3.05, 3.63) is 65.0 Å². The van der Waals surface area contributed by atoms with E-state index >= 15 is 0 Å². The van der Waals surface area contributed by atoms with Gasteiger partial charge >= 0.3 is 6.18 Å². The van der Waals surface area contributed by atoms with Crippen molar-refractivity contribution in [1.82, 2.24) is 29.9 Å². The summed E-state index contributed by atoms with van der Waals surface area (Å²) in [7, 11) is 1.68. The van der Waals surface area contributed by atoms with Crippen molar-refractivity contribution in [2.45, 2.75) is 38.4 Å². The third kappa shape index (κ3) is 5.38. The van der Waals surface area contributed by atoms with Gasteiger partial charge in [0.1, 0.15) is 0 Å².